The van der Waals surface area contributed by atoms with E-state index in [-0.39, 0.29) is 11.9 Å². The molecule has 0 radical (unpaired) electrons. The summed E-state index contributed by atoms with van der Waals surface area (Å²) in [4.78, 5) is 10.9. The molecule has 0 heterocycles. The molecular weight excluding hydrogens is 213 g/mol. The zero-order chi connectivity index (χ0) is 12.1. The molecule has 0 atom stereocenters. The summed E-state index contributed by atoms with van der Waals surface area (Å²) in [6.07, 6.45) is -0.745. The lowest BCUT2D eigenvalue weighted by Crippen LogP contribution is -2.11. The van der Waals surface area contributed by atoms with Gasteiger partial charge >= 0.3 is 6.09 Å². The number of ether oxygens (including phenoxy) is 2. The summed E-state index contributed by atoms with van der Waals surface area (Å²) in [5.74, 6) is -0.368. The highest BCUT2D eigenvalue weighted by molar-refractivity contribution is 5.84. The predicted octanol–water partition coefficient (Wildman–Crippen LogP) is 2.79. The fourth-order valence-corrected chi connectivity index (χ4v) is 1.10. The van der Waals surface area contributed by atoms with Crippen LogP contribution in [0.25, 0.3) is 0 Å². The fraction of sp³-hybridized carbons (Fsp3) is 0.364. The van der Waals surface area contributed by atoms with E-state index in [4.69, 9.17) is 4.74 Å². The van der Waals surface area contributed by atoms with Crippen LogP contribution in [0.4, 0.5) is 14.9 Å². The number of hydrogen-bond acceptors (Lipinski definition) is 3. The summed E-state index contributed by atoms with van der Waals surface area (Å²) in [5.41, 5.74) is 0.320. The second-order valence-electron chi connectivity index (χ2n) is 3.43. The van der Waals surface area contributed by atoms with Crippen molar-refractivity contribution in [3.8, 4) is 5.75 Å². The van der Waals surface area contributed by atoms with Crippen LogP contribution in [0.5, 0.6) is 5.75 Å². The Balaban J connectivity index is 2.78. The normalized spacial score (nSPS) is 10.1. The maximum atomic E-state index is 13.4. The number of carbonyl (C=O) groups excluding carboxylic acids is 1. The maximum absolute atomic E-state index is 13.4. The smallest absolute Gasteiger partial charge is 0.411 e. The number of methoxy groups -OCH3 is 1. The van der Waals surface area contributed by atoms with E-state index in [1.807, 2.05) is 0 Å². The minimum atomic E-state index is -0.642. The van der Waals surface area contributed by atoms with Crippen molar-refractivity contribution < 1.29 is 18.7 Å². The van der Waals surface area contributed by atoms with E-state index in [1.165, 1.54) is 25.3 Å². The van der Waals surface area contributed by atoms with E-state index in [9.17, 15) is 9.18 Å². The summed E-state index contributed by atoms with van der Waals surface area (Å²) in [6, 6.07) is 4.17. The molecule has 0 spiro atoms. The third-order valence-corrected chi connectivity index (χ3v) is 1.73. The van der Waals surface area contributed by atoms with Crippen LogP contribution < -0.4 is 10.1 Å². The highest BCUT2D eigenvalue weighted by atomic mass is 19.1. The van der Waals surface area contributed by atoms with Crippen molar-refractivity contribution in [2.75, 3.05) is 12.4 Å². The van der Waals surface area contributed by atoms with Gasteiger partial charge < -0.3 is 9.47 Å². The molecule has 5 heteroatoms. The predicted molar refractivity (Wildman–Crippen MR) is 58.2 cm³/mol. The van der Waals surface area contributed by atoms with Crippen LogP contribution in [-0.4, -0.2) is 19.3 Å². The van der Waals surface area contributed by atoms with Gasteiger partial charge in [-0.05, 0) is 26.0 Å². The summed E-state index contributed by atoms with van der Waals surface area (Å²) in [5, 5.41) is 2.36. The number of hydrogen-bond donors (Lipinski definition) is 1. The first-order valence-electron chi connectivity index (χ1n) is 4.84. The minimum absolute atomic E-state index is 0.103. The quantitative estimate of drug-likeness (QED) is 0.863. The number of benzene rings is 1. The van der Waals surface area contributed by atoms with Crippen molar-refractivity contribution >= 4 is 11.8 Å². The number of amides is 1. The molecule has 0 fully saturated rings. The number of nitrogens with one attached hydrogen (secondary N) is 1. The van der Waals surface area contributed by atoms with Crippen LogP contribution >= 0.6 is 0 Å². The van der Waals surface area contributed by atoms with Crippen LogP contribution in [0.15, 0.2) is 18.2 Å². The van der Waals surface area contributed by atoms with Crippen LogP contribution in [0, 0.1) is 5.82 Å². The van der Waals surface area contributed by atoms with Crippen LogP contribution in [0.3, 0.4) is 0 Å². The van der Waals surface area contributed by atoms with Gasteiger partial charge in [-0.1, -0.05) is 0 Å². The Kier molecular flexibility index (Phi) is 4.10. The van der Waals surface area contributed by atoms with Gasteiger partial charge in [0, 0.05) is 11.8 Å². The molecule has 0 unspecified atom stereocenters. The number of halogens is 1. The Labute approximate surface area is 93.4 Å². The van der Waals surface area contributed by atoms with Crippen molar-refractivity contribution in [2.45, 2.75) is 20.0 Å². The largest absolute Gasteiger partial charge is 0.488 e. The Morgan fingerprint density at radius 3 is 2.62 bits per heavy atom. The van der Waals surface area contributed by atoms with E-state index in [0.29, 0.717) is 5.69 Å². The van der Waals surface area contributed by atoms with Crippen LogP contribution in [0.1, 0.15) is 13.8 Å². The Morgan fingerprint density at radius 1 is 1.44 bits per heavy atom. The molecule has 16 heavy (non-hydrogen) atoms. The van der Waals surface area contributed by atoms with Gasteiger partial charge in [0.2, 0.25) is 0 Å². The van der Waals surface area contributed by atoms with Gasteiger partial charge in [-0.3, -0.25) is 5.32 Å². The SMILES string of the molecule is COC(=O)Nc1ccc(OC(C)C)c(F)c1. The van der Waals surface area contributed by atoms with Gasteiger partial charge in [-0.25, -0.2) is 9.18 Å². The van der Waals surface area contributed by atoms with E-state index < -0.39 is 11.9 Å². The molecule has 0 saturated heterocycles. The molecule has 1 amide bonds. The second-order valence-corrected chi connectivity index (χ2v) is 3.43. The van der Waals surface area contributed by atoms with E-state index in [1.54, 1.807) is 13.8 Å². The zero-order valence-electron chi connectivity index (χ0n) is 9.41. The van der Waals surface area contributed by atoms with Gasteiger partial charge in [0.15, 0.2) is 11.6 Å². The van der Waals surface area contributed by atoms with Crippen LogP contribution in [0.2, 0.25) is 0 Å². The first-order valence-corrected chi connectivity index (χ1v) is 4.84. The monoisotopic (exact) mass is 227 g/mol. The lowest BCUT2D eigenvalue weighted by molar-refractivity contribution is 0.187. The Morgan fingerprint density at radius 2 is 2.12 bits per heavy atom. The average molecular weight is 227 g/mol. The molecule has 1 N–H and O–H groups in total. The van der Waals surface area contributed by atoms with Crippen molar-refractivity contribution in [2.24, 2.45) is 0 Å². The molecule has 0 bridgehead atoms. The summed E-state index contributed by atoms with van der Waals surface area (Å²) < 4.78 is 23.0. The number of carbonyl (C=O) groups is 1. The third kappa shape index (κ3) is 3.42. The highest BCUT2D eigenvalue weighted by Crippen LogP contribution is 2.22. The first kappa shape index (κ1) is 12.3. The Bertz CT molecular complexity index is 379. The van der Waals surface area contributed by atoms with Gasteiger partial charge in [-0.15, -0.1) is 0 Å². The van der Waals surface area contributed by atoms with Gasteiger partial charge in [-0.2, -0.15) is 0 Å². The lowest BCUT2D eigenvalue weighted by atomic mass is 10.3. The molecule has 0 aromatic heterocycles. The zero-order valence-corrected chi connectivity index (χ0v) is 9.41. The third-order valence-electron chi connectivity index (χ3n) is 1.73. The van der Waals surface area contributed by atoms with E-state index in [2.05, 4.69) is 10.1 Å². The van der Waals surface area contributed by atoms with Crippen molar-refractivity contribution in [1.29, 1.82) is 0 Å². The lowest BCUT2D eigenvalue weighted by Gasteiger charge is -2.11. The molecule has 0 aliphatic carbocycles. The summed E-state index contributed by atoms with van der Waals surface area (Å²) in [7, 11) is 1.24. The minimum Gasteiger partial charge on any atom is -0.488 e. The van der Waals surface area contributed by atoms with E-state index in [0.717, 1.165) is 0 Å². The highest BCUT2D eigenvalue weighted by Gasteiger charge is 2.08. The summed E-state index contributed by atoms with van der Waals surface area (Å²) >= 11 is 0. The number of anilines is 1. The standard InChI is InChI=1S/C11H14FNO3/c1-7(2)16-10-5-4-8(6-9(10)12)13-11(14)15-3/h4-7H,1-3H3,(H,13,14). The molecule has 1 aromatic carbocycles. The maximum Gasteiger partial charge on any atom is 0.411 e. The van der Waals surface area contributed by atoms with Crippen molar-refractivity contribution in [3.63, 3.8) is 0 Å². The number of rotatable bonds is 3. The van der Waals surface area contributed by atoms with Gasteiger partial charge in [0.1, 0.15) is 0 Å². The van der Waals surface area contributed by atoms with E-state index >= 15 is 0 Å². The molecule has 1 aromatic rings. The molecular formula is C11H14FNO3. The molecule has 88 valence electrons. The molecule has 1 rings (SSSR count). The average Bonchev–Trinajstić information content (AvgIpc) is 2.21. The first-order chi connectivity index (χ1) is 7.52. The Hall–Kier alpha value is -1.78. The molecule has 0 saturated carbocycles. The van der Waals surface area contributed by atoms with Crippen LogP contribution in [-0.2, 0) is 4.74 Å². The van der Waals surface area contributed by atoms with Gasteiger partial charge in [0.05, 0.1) is 13.2 Å². The second kappa shape index (κ2) is 5.34. The van der Waals surface area contributed by atoms with Gasteiger partial charge in [0.25, 0.3) is 0 Å². The molecule has 0 aliphatic heterocycles. The topological polar surface area (TPSA) is 47.6 Å². The summed E-state index contributed by atoms with van der Waals surface area (Å²) in [6.45, 7) is 3.61. The fourth-order valence-electron chi connectivity index (χ4n) is 1.10. The van der Waals surface area contributed by atoms with Crippen molar-refractivity contribution in [1.82, 2.24) is 0 Å². The van der Waals surface area contributed by atoms with Crippen molar-refractivity contribution in [3.05, 3.63) is 24.0 Å². The molecule has 4 nitrogen and oxygen atoms in total. The molecule has 0 aliphatic rings.